The van der Waals surface area contributed by atoms with E-state index in [1.165, 1.54) is 31.2 Å². The van der Waals surface area contributed by atoms with Gasteiger partial charge in [0.05, 0.1) is 11.6 Å². The number of carboxylic acid groups (broad SMARTS) is 2. The monoisotopic (exact) mass is 373 g/mol. The predicted molar refractivity (Wildman–Crippen MR) is 85.1 cm³/mol. The van der Waals surface area contributed by atoms with Crippen molar-refractivity contribution in [3.05, 3.63) is 28.2 Å². The standard InChI is InChI=1S/C13H18BrNO.C2H2O4/c1-16-13-7-6-10(8-12(13)14)9-15-11-4-2-3-5-11;3-1(4)2(5)6/h6-8,11,15H,2-5,9H2,1H3;(H,3,4)(H,5,6). The van der Waals surface area contributed by atoms with Gasteiger partial charge in [0.15, 0.2) is 0 Å². The first-order valence-corrected chi connectivity index (χ1v) is 7.75. The molecule has 0 radical (unpaired) electrons. The summed E-state index contributed by atoms with van der Waals surface area (Å²) in [5.74, 6) is -2.75. The average Bonchev–Trinajstić information content (AvgIpc) is 2.99. The molecule has 0 atom stereocenters. The summed E-state index contributed by atoms with van der Waals surface area (Å²) in [6.07, 6.45) is 5.42. The number of halogens is 1. The van der Waals surface area contributed by atoms with E-state index in [1.54, 1.807) is 7.11 Å². The minimum Gasteiger partial charge on any atom is -0.496 e. The third-order valence-electron chi connectivity index (χ3n) is 3.35. The normalized spacial score (nSPS) is 14.1. The fraction of sp³-hybridized carbons (Fsp3) is 0.467. The summed E-state index contributed by atoms with van der Waals surface area (Å²) in [7, 11) is 1.69. The topological polar surface area (TPSA) is 95.9 Å². The molecule has 1 aromatic carbocycles. The molecule has 0 bridgehead atoms. The van der Waals surface area contributed by atoms with Gasteiger partial charge in [-0.2, -0.15) is 0 Å². The van der Waals surface area contributed by atoms with Gasteiger partial charge < -0.3 is 20.3 Å². The van der Waals surface area contributed by atoms with E-state index >= 15 is 0 Å². The maximum Gasteiger partial charge on any atom is 0.414 e. The van der Waals surface area contributed by atoms with Crippen molar-refractivity contribution in [3.63, 3.8) is 0 Å². The van der Waals surface area contributed by atoms with Crippen LogP contribution in [-0.4, -0.2) is 35.3 Å². The van der Waals surface area contributed by atoms with Gasteiger partial charge in [-0.05, 0) is 46.5 Å². The van der Waals surface area contributed by atoms with Gasteiger partial charge in [0.2, 0.25) is 0 Å². The number of nitrogens with one attached hydrogen (secondary N) is 1. The lowest BCUT2D eigenvalue weighted by Gasteiger charge is -2.12. The SMILES string of the molecule is COc1ccc(CNC2CCCC2)cc1Br.O=C(O)C(=O)O. The summed E-state index contributed by atoms with van der Waals surface area (Å²) in [5, 5.41) is 18.4. The van der Waals surface area contributed by atoms with Crippen LogP contribution >= 0.6 is 15.9 Å². The van der Waals surface area contributed by atoms with Gasteiger partial charge >= 0.3 is 11.9 Å². The molecule has 0 spiro atoms. The van der Waals surface area contributed by atoms with Crippen molar-refractivity contribution < 1.29 is 24.5 Å². The second-order valence-corrected chi connectivity index (χ2v) is 5.80. The zero-order valence-corrected chi connectivity index (χ0v) is 13.9. The van der Waals surface area contributed by atoms with Crippen LogP contribution in [-0.2, 0) is 16.1 Å². The Hall–Kier alpha value is -1.60. The van der Waals surface area contributed by atoms with Crippen LogP contribution in [0.25, 0.3) is 0 Å². The van der Waals surface area contributed by atoms with E-state index in [0.717, 1.165) is 22.8 Å². The summed E-state index contributed by atoms with van der Waals surface area (Å²) >= 11 is 3.51. The van der Waals surface area contributed by atoms with Crippen molar-refractivity contribution in [1.29, 1.82) is 0 Å². The number of methoxy groups -OCH3 is 1. The molecule has 0 aromatic heterocycles. The fourth-order valence-electron chi connectivity index (χ4n) is 2.21. The first-order valence-electron chi connectivity index (χ1n) is 6.96. The highest BCUT2D eigenvalue weighted by Gasteiger charge is 2.13. The summed E-state index contributed by atoms with van der Waals surface area (Å²) in [6.45, 7) is 0.952. The highest BCUT2D eigenvalue weighted by molar-refractivity contribution is 9.10. The molecule has 122 valence electrons. The number of carboxylic acids is 2. The van der Waals surface area contributed by atoms with E-state index in [-0.39, 0.29) is 0 Å². The van der Waals surface area contributed by atoms with Crippen molar-refractivity contribution in [3.8, 4) is 5.75 Å². The molecular weight excluding hydrogens is 354 g/mol. The largest absolute Gasteiger partial charge is 0.496 e. The van der Waals surface area contributed by atoms with Gasteiger partial charge in [-0.15, -0.1) is 0 Å². The molecule has 1 aliphatic carbocycles. The highest BCUT2D eigenvalue weighted by Crippen LogP contribution is 2.26. The molecule has 0 aliphatic heterocycles. The molecule has 22 heavy (non-hydrogen) atoms. The Balaban J connectivity index is 0.000000346. The van der Waals surface area contributed by atoms with Gasteiger partial charge in [0.1, 0.15) is 5.75 Å². The number of aliphatic carboxylic acids is 2. The molecule has 0 heterocycles. The molecule has 1 fully saturated rings. The molecule has 1 aliphatic rings. The molecule has 2 rings (SSSR count). The number of hydrogen-bond donors (Lipinski definition) is 3. The predicted octanol–water partition coefficient (Wildman–Crippen LogP) is 2.65. The van der Waals surface area contributed by atoms with Crippen LogP contribution in [0, 0.1) is 0 Å². The van der Waals surface area contributed by atoms with Gasteiger partial charge in [0, 0.05) is 12.6 Å². The van der Waals surface area contributed by atoms with Crippen molar-refractivity contribution in [2.75, 3.05) is 7.11 Å². The minimum absolute atomic E-state index is 0.723. The van der Waals surface area contributed by atoms with Crippen LogP contribution in [0.1, 0.15) is 31.2 Å². The zero-order chi connectivity index (χ0) is 16.5. The second-order valence-electron chi connectivity index (χ2n) is 4.94. The molecular formula is C15H20BrNO5. The highest BCUT2D eigenvalue weighted by atomic mass is 79.9. The Labute approximate surface area is 137 Å². The van der Waals surface area contributed by atoms with Crippen LogP contribution in [0.5, 0.6) is 5.75 Å². The maximum atomic E-state index is 9.10. The molecule has 0 amide bonds. The molecule has 3 N–H and O–H groups in total. The van der Waals surface area contributed by atoms with Crippen LogP contribution in [0.3, 0.4) is 0 Å². The second kappa shape index (κ2) is 9.42. The number of carbonyl (C=O) groups is 2. The summed E-state index contributed by atoms with van der Waals surface area (Å²) in [4.78, 5) is 18.2. The summed E-state index contributed by atoms with van der Waals surface area (Å²) in [5.41, 5.74) is 1.31. The Bertz CT molecular complexity index is 503. The molecule has 1 aromatic rings. The third kappa shape index (κ3) is 6.44. The van der Waals surface area contributed by atoms with E-state index in [2.05, 4.69) is 33.4 Å². The minimum atomic E-state index is -1.82. The van der Waals surface area contributed by atoms with Crippen molar-refractivity contribution in [2.24, 2.45) is 0 Å². The number of benzene rings is 1. The van der Waals surface area contributed by atoms with Crippen molar-refractivity contribution in [2.45, 2.75) is 38.3 Å². The maximum absolute atomic E-state index is 9.10. The average molecular weight is 374 g/mol. The van der Waals surface area contributed by atoms with Gasteiger partial charge in [0.25, 0.3) is 0 Å². The third-order valence-corrected chi connectivity index (χ3v) is 3.97. The Morgan fingerprint density at radius 1 is 1.27 bits per heavy atom. The van der Waals surface area contributed by atoms with E-state index in [0.29, 0.717) is 0 Å². The smallest absolute Gasteiger partial charge is 0.414 e. The summed E-state index contributed by atoms with van der Waals surface area (Å²) < 4.78 is 6.24. The van der Waals surface area contributed by atoms with Gasteiger partial charge in [-0.1, -0.05) is 18.9 Å². The lowest BCUT2D eigenvalue weighted by Crippen LogP contribution is -2.25. The quantitative estimate of drug-likeness (QED) is 0.702. The lowest BCUT2D eigenvalue weighted by atomic mass is 10.2. The van der Waals surface area contributed by atoms with Gasteiger partial charge in [-0.3, -0.25) is 0 Å². The van der Waals surface area contributed by atoms with Crippen molar-refractivity contribution >= 4 is 27.9 Å². The molecule has 1 saturated carbocycles. The van der Waals surface area contributed by atoms with Crippen molar-refractivity contribution in [1.82, 2.24) is 5.32 Å². The Morgan fingerprint density at radius 2 is 1.86 bits per heavy atom. The first-order chi connectivity index (χ1) is 10.4. The number of rotatable bonds is 4. The Kier molecular flexibility index (Phi) is 7.90. The van der Waals surface area contributed by atoms with E-state index in [9.17, 15) is 0 Å². The number of hydrogen-bond acceptors (Lipinski definition) is 4. The Morgan fingerprint density at radius 3 is 2.32 bits per heavy atom. The van der Waals surface area contributed by atoms with Gasteiger partial charge in [-0.25, -0.2) is 9.59 Å². The zero-order valence-electron chi connectivity index (χ0n) is 12.3. The fourth-order valence-corrected chi connectivity index (χ4v) is 2.80. The van der Waals surface area contributed by atoms with E-state index < -0.39 is 11.9 Å². The van der Waals surface area contributed by atoms with Crippen LogP contribution in [0.4, 0.5) is 0 Å². The first kappa shape index (κ1) is 18.4. The molecule has 0 unspecified atom stereocenters. The molecule has 6 nitrogen and oxygen atoms in total. The lowest BCUT2D eigenvalue weighted by molar-refractivity contribution is -0.159. The van der Waals surface area contributed by atoms with Crippen LogP contribution in [0.15, 0.2) is 22.7 Å². The van der Waals surface area contributed by atoms with Crippen LogP contribution < -0.4 is 10.1 Å². The number of ether oxygens (including phenoxy) is 1. The molecule has 0 saturated heterocycles. The van der Waals surface area contributed by atoms with Crippen LogP contribution in [0.2, 0.25) is 0 Å². The summed E-state index contributed by atoms with van der Waals surface area (Å²) in [6, 6.07) is 6.98. The molecule has 7 heteroatoms. The van der Waals surface area contributed by atoms with E-state index in [1.807, 2.05) is 6.07 Å². The van der Waals surface area contributed by atoms with E-state index in [4.69, 9.17) is 24.5 Å².